The van der Waals surface area contributed by atoms with Gasteiger partial charge in [-0.1, -0.05) is 62.4 Å². The van der Waals surface area contributed by atoms with Gasteiger partial charge in [-0.3, -0.25) is 19.3 Å². The monoisotopic (exact) mass is 568 g/mol. The number of methoxy groups -OCH3 is 2. The van der Waals surface area contributed by atoms with Gasteiger partial charge >= 0.3 is 5.97 Å². The summed E-state index contributed by atoms with van der Waals surface area (Å²) in [6.07, 6.45) is 0. The molecule has 3 atom stereocenters. The van der Waals surface area contributed by atoms with E-state index in [1.807, 2.05) is 48.5 Å². The van der Waals surface area contributed by atoms with Crippen LogP contribution in [0, 0.1) is 17.8 Å². The highest BCUT2D eigenvalue weighted by Crippen LogP contribution is 2.61. The minimum atomic E-state index is -1.17. The van der Waals surface area contributed by atoms with Crippen LogP contribution in [0.4, 0.5) is 5.69 Å². The van der Waals surface area contributed by atoms with E-state index in [1.54, 1.807) is 32.0 Å². The molecule has 0 saturated carbocycles. The lowest BCUT2D eigenvalue weighted by molar-refractivity contribution is -0.162. The molecule has 0 spiro atoms. The predicted octanol–water partition coefficient (Wildman–Crippen LogP) is 4.10. The molecule has 216 valence electrons. The van der Waals surface area contributed by atoms with Gasteiger partial charge in [-0.2, -0.15) is 0 Å². The molecule has 3 amide bonds. The third-order valence-corrected chi connectivity index (χ3v) is 8.66. The van der Waals surface area contributed by atoms with E-state index in [4.69, 9.17) is 14.2 Å². The molecule has 3 aliphatic carbocycles. The van der Waals surface area contributed by atoms with Gasteiger partial charge in [0.05, 0.1) is 31.7 Å². The summed E-state index contributed by atoms with van der Waals surface area (Å²) in [5.41, 5.74) is 4.57. The number of amides is 3. The Labute approximate surface area is 243 Å². The molecule has 9 heteroatoms. The number of anilines is 1. The first-order valence-corrected chi connectivity index (χ1v) is 14.0. The fourth-order valence-electron chi connectivity index (χ4n) is 6.97. The van der Waals surface area contributed by atoms with E-state index in [0.29, 0.717) is 17.2 Å². The lowest BCUT2D eigenvalue weighted by Gasteiger charge is -2.45. The molecule has 1 fully saturated rings. The van der Waals surface area contributed by atoms with Gasteiger partial charge in [0.1, 0.15) is 17.5 Å². The Morgan fingerprint density at radius 1 is 0.810 bits per heavy atom. The van der Waals surface area contributed by atoms with E-state index in [2.05, 4.69) is 5.32 Å². The summed E-state index contributed by atoms with van der Waals surface area (Å²) in [6.45, 7) is 2.91. The normalized spacial score (nSPS) is 22.3. The molecule has 3 aromatic rings. The Morgan fingerprint density at radius 2 is 1.33 bits per heavy atom. The molecule has 9 nitrogen and oxygen atoms in total. The van der Waals surface area contributed by atoms with Crippen molar-refractivity contribution in [3.05, 3.63) is 89.0 Å². The summed E-state index contributed by atoms with van der Waals surface area (Å²) in [5.74, 6) is -3.44. The topological polar surface area (TPSA) is 111 Å². The number of carbonyl (C=O) groups excluding carboxylic acids is 4. The second-order valence-electron chi connectivity index (χ2n) is 11.2. The second kappa shape index (κ2) is 10.6. The van der Waals surface area contributed by atoms with Crippen LogP contribution in [0.3, 0.4) is 0 Å². The molecule has 1 N–H and O–H groups in total. The van der Waals surface area contributed by atoms with Crippen LogP contribution in [0.25, 0.3) is 0 Å². The second-order valence-corrected chi connectivity index (χ2v) is 11.2. The Bertz CT molecular complexity index is 1480. The summed E-state index contributed by atoms with van der Waals surface area (Å²) < 4.78 is 15.9. The highest BCUT2D eigenvalue weighted by atomic mass is 16.5. The number of hydrogen-bond donors (Lipinski definition) is 1. The Kier molecular flexibility index (Phi) is 6.96. The van der Waals surface area contributed by atoms with Crippen LogP contribution >= 0.6 is 0 Å². The number of nitrogens with zero attached hydrogens (tertiary/aromatic N) is 1. The standard InChI is InChI=1S/C33H32N2O7/c1-17(2)30(33(39)42-16-25(36)34-23-15-18(40-3)13-14-24(23)41-4)35-31(37)28-26-19-9-5-6-10-20(19)27(29(28)32(35)38)22-12-8-7-11-21(22)26/h5-15,17,26-30H,16H2,1-4H3,(H,34,36)/t26?,27?,28-,29+,30-/m0/s1. The minimum Gasteiger partial charge on any atom is -0.497 e. The van der Waals surface area contributed by atoms with Crippen LogP contribution in [0.1, 0.15) is 47.9 Å². The molecular weight excluding hydrogens is 536 g/mol. The molecule has 1 saturated heterocycles. The highest BCUT2D eigenvalue weighted by molar-refractivity contribution is 6.10. The third kappa shape index (κ3) is 4.22. The number of nitrogens with one attached hydrogen (secondary N) is 1. The van der Waals surface area contributed by atoms with Crippen molar-refractivity contribution in [3.63, 3.8) is 0 Å². The summed E-state index contributed by atoms with van der Waals surface area (Å²) >= 11 is 0. The number of benzene rings is 3. The molecule has 0 radical (unpaired) electrons. The maximum Gasteiger partial charge on any atom is 0.330 e. The van der Waals surface area contributed by atoms with Crippen molar-refractivity contribution in [1.29, 1.82) is 0 Å². The van der Waals surface area contributed by atoms with E-state index in [-0.39, 0.29) is 23.7 Å². The summed E-state index contributed by atoms with van der Waals surface area (Å²) in [5, 5.41) is 2.66. The van der Waals surface area contributed by atoms with Crippen molar-refractivity contribution >= 4 is 29.4 Å². The SMILES string of the molecule is COc1ccc(OC)c(NC(=O)COC(=O)[C@H](C(C)C)N2C(=O)[C@@H]3C4c5ccccc5C(c5ccccc54)[C@@H]3C2=O)c1. The van der Waals surface area contributed by atoms with E-state index in [9.17, 15) is 19.2 Å². The zero-order valence-electron chi connectivity index (χ0n) is 23.8. The van der Waals surface area contributed by atoms with Crippen LogP contribution in [-0.4, -0.2) is 55.5 Å². The Morgan fingerprint density at radius 3 is 1.79 bits per heavy atom. The van der Waals surface area contributed by atoms with Crippen molar-refractivity contribution in [2.45, 2.75) is 31.7 Å². The average molecular weight is 569 g/mol. The fraction of sp³-hybridized carbons (Fsp3) is 0.333. The molecule has 42 heavy (non-hydrogen) atoms. The van der Waals surface area contributed by atoms with Gasteiger partial charge in [-0.05, 0) is 40.3 Å². The maximum absolute atomic E-state index is 14.1. The Balaban J connectivity index is 1.24. The summed E-state index contributed by atoms with van der Waals surface area (Å²) in [6, 6.07) is 19.7. The fourth-order valence-corrected chi connectivity index (χ4v) is 6.97. The number of rotatable bonds is 8. The van der Waals surface area contributed by atoms with Crippen molar-refractivity contribution < 1.29 is 33.4 Å². The van der Waals surface area contributed by atoms with Crippen LogP contribution in [0.15, 0.2) is 66.7 Å². The zero-order valence-corrected chi connectivity index (χ0v) is 23.8. The van der Waals surface area contributed by atoms with E-state index < -0.39 is 42.3 Å². The van der Waals surface area contributed by atoms with E-state index >= 15 is 0 Å². The number of carbonyl (C=O) groups is 4. The van der Waals surface area contributed by atoms with Gasteiger partial charge in [0, 0.05) is 17.9 Å². The van der Waals surface area contributed by atoms with Crippen molar-refractivity contribution in [3.8, 4) is 11.5 Å². The van der Waals surface area contributed by atoms with Crippen molar-refractivity contribution in [1.82, 2.24) is 4.90 Å². The van der Waals surface area contributed by atoms with Crippen LogP contribution in [-0.2, 0) is 23.9 Å². The smallest absolute Gasteiger partial charge is 0.330 e. The zero-order chi connectivity index (χ0) is 29.7. The lowest BCUT2D eigenvalue weighted by Crippen LogP contribution is -2.49. The van der Waals surface area contributed by atoms with E-state index in [1.165, 1.54) is 14.2 Å². The molecule has 0 unspecified atom stereocenters. The molecule has 7 rings (SSSR count). The molecule has 0 aromatic heterocycles. The van der Waals surface area contributed by atoms with Crippen LogP contribution < -0.4 is 14.8 Å². The van der Waals surface area contributed by atoms with Gasteiger partial charge in [0.25, 0.3) is 5.91 Å². The van der Waals surface area contributed by atoms with Gasteiger partial charge in [-0.15, -0.1) is 0 Å². The largest absolute Gasteiger partial charge is 0.497 e. The van der Waals surface area contributed by atoms with Gasteiger partial charge in [0.2, 0.25) is 11.8 Å². The average Bonchev–Trinajstić information content (AvgIpc) is 3.25. The summed E-state index contributed by atoms with van der Waals surface area (Å²) in [7, 11) is 2.97. The number of likely N-dealkylation sites (tertiary alicyclic amines) is 1. The van der Waals surface area contributed by atoms with Crippen LogP contribution in [0.5, 0.6) is 11.5 Å². The summed E-state index contributed by atoms with van der Waals surface area (Å²) in [4.78, 5) is 55.6. The number of esters is 1. The first kappa shape index (κ1) is 27.5. The third-order valence-electron chi connectivity index (χ3n) is 8.66. The molecule has 1 heterocycles. The predicted molar refractivity (Wildman–Crippen MR) is 153 cm³/mol. The van der Waals surface area contributed by atoms with E-state index in [0.717, 1.165) is 27.2 Å². The van der Waals surface area contributed by atoms with Crippen molar-refractivity contribution in [2.75, 3.05) is 26.1 Å². The Hall–Kier alpha value is -4.66. The molecule has 2 bridgehead atoms. The minimum absolute atomic E-state index is 0.277. The van der Waals surface area contributed by atoms with Crippen molar-refractivity contribution in [2.24, 2.45) is 17.8 Å². The van der Waals surface area contributed by atoms with Gasteiger partial charge < -0.3 is 19.5 Å². The molecule has 4 aliphatic rings. The maximum atomic E-state index is 14.1. The number of ether oxygens (including phenoxy) is 3. The lowest BCUT2D eigenvalue weighted by atomic mass is 9.55. The van der Waals surface area contributed by atoms with Gasteiger partial charge in [0.15, 0.2) is 6.61 Å². The van der Waals surface area contributed by atoms with Crippen LogP contribution in [0.2, 0.25) is 0 Å². The first-order valence-electron chi connectivity index (χ1n) is 14.0. The number of hydrogen-bond acceptors (Lipinski definition) is 7. The highest BCUT2D eigenvalue weighted by Gasteiger charge is 2.63. The first-order chi connectivity index (χ1) is 20.3. The molecular formula is C33H32N2O7. The quantitative estimate of drug-likeness (QED) is 0.322. The molecule has 1 aliphatic heterocycles. The molecule has 3 aromatic carbocycles. The van der Waals surface area contributed by atoms with Gasteiger partial charge in [-0.25, -0.2) is 4.79 Å². The number of imide groups is 1.